The number of halogens is 1. The quantitative estimate of drug-likeness (QED) is 0.773. The van der Waals surface area contributed by atoms with Crippen LogP contribution in [0.3, 0.4) is 0 Å². The van der Waals surface area contributed by atoms with Crippen molar-refractivity contribution in [2.75, 3.05) is 31.1 Å². The van der Waals surface area contributed by atoms with Gasteiger partial charge in [-0.15, -0.1) is 0 Å². The van der Waals surface area contributed by atoms with Crippen molar-refractivity contribution in [2.24, 2.45) is 0 Å². The molecule has 5 heteroatoms. The molecule has 1 aliphatic heterocycles. The normalized spacial score (nSPS) is 16.0. The molecule has 1 aliphatic rings. The Kier molecular flexibility index (Phi) is 4.90. The molecule has 1 saturated heterocycles. The van der Waals surface area contributed by atoms with Crippen molar-refractivity contribution < 1.29 is 0 Å². The van der Waals surface area contributed by atoms with E-state index < -0.39 is 0 Å². The molecule has 130 valence electrons. The van der Waals surface area contributed by atoms with Gasteiger partial charge in [0.15, 0.2) is 0 Å². The summed E-state index contributed by atoms with van der Waals surface area (Å²) in [6, 6.07) is 16.5. The fraction of sp³-hybridized carbons (Fsp3) is 0.350. The Morgan fingerprint density at radius 3 is 2.44 bits per heavy atom. The minimum atomic E-state index is 0.774. The van der Waals surface area contributed by atoms with Crippen molar-refractivity contribution in [3.63, 3.8) is 0 Å². The zero-order valence-corrected chi connectivity index (χ0v) is 15.0. The Morgan fingerprint density at radius 1 is 0.960 bits per heavy atom. The van der Waals surface area contributed by atoms with E-state index in [1.165, 1.54) is 11.1 Å². The topological polar surface area (TPSA) is 33.1 Å². The molecule has 0 radical (unpaired) electrons. The number of fused-ring (bicyclic) bond motifs is 1. The largest absolute Gasteiger partial charge is 0.342 e. The summed E-state index contributed by atoms with van der Waals surface area (Å²) in [5.41, 5.74) is 3.49. The molecule has 2 aromatic carbocycles. The maximum Gasteiger partial charge on any atom is 0.206 e. The molecule has 2 heterocycles. The third kappa shape index (κ3) is 3.65. The summed E-state index contributed by atoms with van der Waals surface area (Å²) in [6.45, 7) is 5.04. The monoisotopic (exact) mass is 354 g/mol. The van der Waals surface area contributed by atoms with E-state index in [1.807, 2.05) is 12.1 Å². The number of nitrogens with one attached hydrogen (secondary N) is 1. The van der Waals surface area contributed by atoms with E-state index in [0.717, 1.165) is 62.1 Å². The molecule has 1 aromatic heterocycles. The van der Waals surface area contributed by atoms with Crippen molar-refractivity contribution in [3.8, 4) is 0 Å². The molecule has 4 rings (SSSR count). The average molecular weight is 355 g/mol. The van der Waals surface area contributed by atoms with Crippen molar-refractivity contribution in [3.05, 3.63) is 59.1 Å². The Bertz CT molecular complexity index is 833. The number of rotatable bonds is 3. The third-order valence-corrected chi connectivity index (χ3v) is 4.99. The summed E-state index contributed by atoms with van der Waals surface area (Å²) in [7, 11) is 0. The molecule has 0 atom stereocenters. The van der Waals surface area contributed by atoms with Gasteiger partial charge in [0.2, 0.25) is 5.95 Å². The summed E-state index contributed by atoms with van der Waals surface area (Å²) in [5, 5.41) is 4.25. The lowest BCUT2D eigenvalue weighted by Gasteiger charge is -2.27. The van der Waals surface area contributed by atoms with E-state index in [2.05, 4.69) is 51.2 Å². The van der Waals surface area contributed by atoms with Crippen LogP contribution in [-0.2, 0) is 6.54 Å². The number of nitrogens with zero attached hydrogens (tertiary/aromatic N) is 3. The number of imidazole rings is 1. The van der Waals surface area contributed by atoms with Gasteiger partial charge in [-0.05, 0) is 55.8 Å². The highest BCUT2D eigenvalue weighted by Gasteiger charge is 2.18. The van der Waals surface area contributed by atoms with Gasteiger partial charge in [0.05, 0.1) is 17.6 Å². The molecule has 0 spiro atoms. The summed E-state index contributed by atoms with van der Waals surface area (Å²) in [6.07, 6.45) is 2.29. The minimum absolute atomic E-state index is 0.774. The Balaban J connectivity index is 1.73. The predicted octanol–water partition coefficient (Wildman–Crippen LogP) is 3.93. The lowest BCUT2D eigenvalue weighted by atomic mass is 10.2. The standard InChI is InChI=1S/C20H23ClN4/c21-17-9-7-16(8-10-17)15-25-19-6-2-1-5-18(19)23-20(25)24-13-3-11-22-12-4-14-24/h1-2,5-10,22H,3-4,11-15H2. The van der Waals surface area contributed by atoms with Crippen LogP contribution in [0.4, 0.5) is 5.95 Å². The number of para-hydroxylation sites is 2. The Morgan fingerprint density at radius 2 is 1.68 bits per heavy atom. The second-order valence-electron chi connectivity index (χ2n) is 6.56. The van der Waals surface area contributed by atoms with Gasteiger partial charge in [0.1, 0.15) is 0 Å². The van der Waals surface area contributed by atoms with Gasteiger partial charge >= 0.3 is 0 Å². The number of hydrogen-bond donors (Lipinski definition) is 1. The van der Waals surface area contributed by atoms with Crippen molar-refractivity contribution in [2.45, 2.75) is 19.4 Å². The van der Waals surface area contributed by atoms with E-state index in [1.54, 1.807) is 0 Å². The molecule has 0 saturated carbocycles. The minimum Gasteiger partial charge on any atom is -0.342 e. The van der Waals surface area contributed by atoms with Gasteiger partial charge in [-0.25, -0.2) is 4.98 Å². The molecule has 0 bridgehead atoms. The molecular formula is C20H23ClN4. The SMILES string of the molecule is Clc1ccc(Cn2c(N3CCCNCCC3)nc3ccccc32)cc1. The molecule has 25 heavy (non-hydrogen) atoms. The first-order chi connectivity index (χ1) is 12.3. The van der Waals surface area contributed by atoms with Gasteiger partial charge in [-0.2, -0.15) is 0 Å². The van der Waals surface area contributed by atoms with Crippen molar-refractivity contribution >= 4 is 28.6 Å². The lowest BCUT2D eigenvalue weighted by molar-refractivity contribution is 0.556. The van der Waals surface area contributed by atoms with E-state index in [4.69, 9.17) is 16.6 Å². The van der Waals surface area contributed by atoms with E-state index in [0.29, 0.717) is 0 Å². The first-order valence-electron chi connectivity index (χ1n) is 8.97. The average Bonchev–Trinajstić information content (AvgIpc) is 2.95. The van der Waals surface area contributed by atoms with Crippen LogP contribution in [0.25, 0.3) is 11.0 Å². The molecule has 1 N–H and O–H groups in total. The van der Waals surface area contributed by atoms with Crippen LogP contribution in [0.1, 0.15) is 18.4 Å². The fourth-order valence-electron chi connectivity index (χ4n) is 3.46. The summed E-state index contributed by atoms with van der Waals surface area (Å²) in [4.78, 5) is 7.41. The van der Waals surface area contributed by atoms with Gasteiger partial charge in [0.25, 0.3) is 0 Å². The number of aromatic nitrogens is 2. The van der Waals surface area contributed by atoms with Crippen molar-refractivity contribution in [1.29, 1.82) is 0 Å². The number of benzene rings is 2. The van der Waals surface area contributed by atoms with Gasteiger partial charge in [0, 0.05) is 18.1 Å². The van der Waals surface area contributed by atoms with Gasteiger partial charge in [-0.3, -0.25) is 0 Å². The molecule has 0 unspecified atom stereocenters. The van der Waals surface area contributed by atoms with Crippen LogP contribution >= 0.6 is 11.6 Å². The Hall–Kier alpha value is -2.04. The molecule has 3 aromatic rings. The Labute approximate surface area is 153 Å². The number of anilines is 1. The third-order valence-electron chi connectivity index (χ3n) is 4.73. The maximum absolute atomic E-state index is 6.04. The van der Waals surface area contributed by atoms with Crippen LogP contribution in [-0.4, -0.2) is 35.7 Å². The number of hydrogen-bond acceptors (Lipinski definition) is 3. The van der Waals surface area contributed by atoms with Crippen LogP contribution < -0.4 is 10.2 Å². The summed E-state index contributed by atoms with van der Waals surface area (Å²) in [5.74, 6) is 1.08. The fourth-order valence-corrected chi connectivity index (χ4v) is 3.59. The smallest absolute Gasteiger partial charge is 0.206 e. The van der Waals surface area contributed by atoms with Crippen LogP contribution in [0.2, 0.25) is 5.02 Å². The molecular weight excluding hydrogens is 332 g/mol. The molecule has 4 nitrogen and oxygen atoms in total. The van der Waals surface area contributed by atoms with Crippen LogP contribution in [0.15, 0.2) is 48.5 Å². The second-order valence-corrected chi connectivity index (χ2v) is 6.99. The summed E-state index contributed by atoms with van der Waals surface area (Å²) >= 11 is 6.04. The van der Waals surface area contributed by atoms with E-state index in [9.17, 15) is 0 Å². The zero-order chi connectivity index (χ0) is 17.1. The second kappa shape index (κ2) is 7.46. The van der Waals surface area contributed by atoms with E-state index >= 15 is 0 Å². The predicted molar refractivity (Wildman–Crippen MR) is 105 cm³/mol. The lowest BCUT2D eigenvalue weighted by Crippen LogP contribution is -2.35. The maximum atomic E-state index is 6.04. The van der Waals surface area contributed by atoms with E-state index in [-0.39, 0.29) is 0 Å². The first kappa shape index (κ1) is 16.4. The van der Waals surface area contributed by atoms with Crippen LogP contribution in [0, 0.1) is 0 Å². The molecule has 0 aliphatic carbocycles. The van der Waals surface area contributed by atoms with Gasteiger partial charge in [-0.1, -0.05) is 35.9 Å². The van der Waals surface area contributed by atoms with Crippen molar-refractivity contribution in [1.82, 2.24) is 14.9 Å². The zero-order valence-electron chi connectivity index (χ0n) is 14.3. The highest BCUT2D eigenvalue weighted by molar-refractivity contribution is 6.30. The molecule has 0 amide bonds. The van der Waals surface area contributed by atoms with Crippen LogP contribution in [0.5, 0.6) is 0 Å². The highest BCUT2D eigenvalue weighted by atomic mass is 35.5. The summed E-state index contributed by atoms with van der Waals surface area (Å²) < 4.78 is 2.34. The first-order valence-corrected chi connectivity index (χ1v) is 9.34. The molecule has 1 fully saturated rings. The van der Waals surface area contributed by atoms with Gasteiger partial charge < -0.3 is 14.8 Å². The highest BCUT2D eigenvalue weighted by Crippen LogP contribution is 2.25.